The van der Waals surface area contributed by atoms with Gasteiger partial charge in [-0.05, 0) is 35.6 Å². The van der Waals surface area contributed by atoms with Crippen LogP contribution in [0.5, 0.6) is 0 Å². The Balaban J connectivity index is 1.41. The van der Waals surface area contributed by atoms with Crippen LogP contribution in [0.15, 0.2) is 71.5 Å². The summed E-state index contributed by atoms with van der Waals surface area (Å²) in [6.45, 7) is 0.559. The Hall–Kier alpha value is -2.89. The highest BCUT2D eigenvalue weighted by Crippen LogP contribution is 2.25. The summed E-state index contributed by atoms with van der Waals surface area (Å²) in [7, 11) is 0. The van der Waals surface area contributed by atoms with Gasteiger partial charge in [0, 0.05) is 47.0 Å². The lowest BCUT2D eigenvalue weighted by Gasteiger charge is -2.12. The minimum absolute atomic E-state index is 0.0911. The van der Waals surface area contributed by atoms with E-state index in [1.165, 1.54) is 0 Å². The normalized spacial score (nSPS) is 12.2. The number of rotatable bonds is 6. The Morgan fingerprint density at radius 3 is 2.85 bits per heavy atom. The maximum Gasteiger partial charge on any atom is 0.225 e. The zero-order valence-corrected chi connectivity index (χ0v) is 15.4. The number of nitrogens with one attached hydrogen (secondary N) is 1. The monoisotopic (exact) mass is 378 g/mol. The minimum atomic E-state index is -0.0911. The van der Waals surface area contributed by atoms with Crippen molar-refractivity contribution in [2.45, 2.75) is 12.5 Å². The topological polar surface area (TPSA) is 77.0 Å². The molecule has 0 spiro atoms. The predicted octanol–water partition coefficient (Wildman–Crippen LogP) is 4.53. The fraction of sp³-hybridized carbons (Fsp3) is 0.143. The standard InChI is InChI=1S/C21H19ClN4O/c22-19-4-2-1-3-15(19)10-18(23)13-25-21-11-20(26-27-21)16-5-6-17-12-24-8-7-14(17)9-16/h1-9,11-12,18,25H,10,13,23H2/t18-/m1/s1. The molecular weight excluding hydrogens is 360 g/mol. The van der Waals surface area contributed by atoms with Crippen molar-refractivity contribution in [2.75, 3.05) is 11.9 Å². The average Bonchev–Trinajstić information content (AvgIpc) is 3.17. The van der Waals surface area contributed by atoms with Crippen LogP contribution in [0.25, 0.3) is 22.0 Å². The fourth-order valence-corrected chi connectivity index (χ4v) is 3.20. The van der Waals surface area contributed by atoms with E-state index < -0.39 is 0 Å². The summed E-state index contributed by atoms with van der Waals surface area (Å²) in [6.07, 6.45) is 4.31. The summed E-state index contributed by atoms with van der Waals surface area (Å²) in [5.74, 6) is 0.592. The first kappa shape index (κ1) is 17.5. The molecule has 0 bridgehead atoms. The molecule has 0 amide bonds. The van der Waals surface area contributed by atoms with Gasteiger partial charge in [-0.3, -0.25) is 4.98 Å². The van der Waals surface area contributed by atoms with Crippen molar-refractivity contribution in [3.05, 3.63) is 77.6 Å². The Morgan fingerprint density at radius 1 is 1.07 bits per heavy atom. The molecule has 4 aromatic rings. The third kappa shape index (κ3) is 4.10. The molecule has 3 N–H and O–H groups in total. The molecule has 27 heavy (non-hydrogen) atoms. The maximum absolute atomic E-state index is 6.21. The molecule has 0 unspecified atom stereocenters. The third-order valence-electron chi connectivity index (χ3n) is 4.42. The fourth-order valence-electron chi connectivity index (χ4n) is 2.99. The van der Waals surface area contributed by atoms with Gasteiger partial charge in [0.05, 0.1) is 0 Å². The Morgan fingerprint density at radius 2 is 1.96 bits per heavy atom. The first-order chi connectivity index (χ1) is 13.2. The first-order valence-electron chi connectivity index (χ1n) is 8.73. The zero-order chi connectivity index (χ0) is 18.6. The molecule has 0 saturated heterocycles. The summed E-state index contributed by atoms with van der Waals surface area (Å²) in [4.78, 5) is 4.13. The van der Waals surface area contributed by atoms with Gasteiger partial charge in [0.15, 0.2) is 0 Å². The number of halogens is 1. The summed E-state index contributed by atoms with van der Waals surface area (Å²) in [5, 5.41) is 10.3. The van der Waals surface area contributed by atoms with Crippen LogP contribution >= 0.6 is 11.6 Å². The number of fused-ring (bicyclic) bond motifs is 1. The number of pyridine rings is 1. The molecule has 0 fully saturated rings. The second-order valence-electron chi connectivity index (χ2n) is 6.45. The molecule has 136 valence electrons. The van der Waals surface area contributed by atoms with Crippen LogP contribution in [0.4, 0.5) is 5.88 Å². The summed E-state index contributed by atoms with van der Waals surface area (Å²) >= 11 is 6.19. The number of aromatic nitrogens is 2. The number of hydrogen-bond donors (Lipinski definition) is 2. The van der Waals surface area contributed by atoms with Gasteiger partial charge in [-0.15, -0.1) is 0 Å². The molecule has 2 heterocycles. The number of hydrogen-bond acceptors (Lipinski definition) is 5. The van der Waals surface area contributed by atoms with Crippen LogP contribution < -0.4 is 11.1 Å². The van der Waals surface area contributed by atoms with Gasteiger partial charge in [0.25, 0.3) is 0 Å². The number of benzene rings is 2. The second kappa shape index (κ2) is 7.78. The van der Waals surface area contributed by atoms with Crippen LogP contribution in [0.1, 0.15) is 5.56 Å². The van der Waals surface area contributed by atoms with Gasteiger partial charge in [-0.25, -0.2) is 0 Å². The van der Waals surface area contributed by atoms with E-state index in [-0.39, 0.29) is 6.04 Å². The largest absolute Gasteiger partial charge is 0.352 e. The highest BCUT2D eigenvalue weighted by molar-refractivity contribution is 6.31. The van der Waals surface area contributed by atoms with E-state index in [4.69, 9.17) is 21.9 Å². The van der Waals surface area contributed by atoms with Crippen LogP contribution in [-0.2, 0) is 6.42 Å². The van der Waals surface area contributed by atoms with Crippen molar-refractivity contribution in [1.82, 2.24) is 10.1 Å². The lowest BCUT2D eigenvalue weighted by atomic mass is 10.1. The average molecular weight is 379 g/mol. The van der Waals surface area contributed by atoms with Gasteiger partial charge in [0.1, 0.15) is 5.69 Å². The molecule has 2 aromatic carbocycles. The number of nitrogens with two attached hydrogens (primary N) is 1. The number of anilines is 1. The van der Waals surface area contributed by atoms with Gasteiger partial charge in [-0.1, -0.05) is 47.1 Å². The van der Waals surface area contributed by atoms with Crippen LogP contribution in [0, 0.1) is 0 Å². The highest BCUT2D eigenvalue weighted by Gasteiger charge is 2.10. The van der Waals surface area contributed by atoms with Crippen molar-refractivity contribution in [1.29, 1.82) is 0 Å². The lowest BCUT2D eigenvalue weighted by molar-refractivity contribution is 0.433. The molecule has 0 saturated carbocycles. The minimum Gasteiger partial charge on any atom is -0.352 e. The SMILES string of the molecule is N[C@@H](CNc1cc(-c2ccc3cnccc3c2)no1)Cc1ccccc1Cl. The van der Waals surface area contributed by atoms with Gasteiger partial charge < -0.3 is 15.6 Å². The van der Waals surface area contributed by atoms with Crippen molar-refractivity contribution in [3.63, 3.8) is 0 Å². The van der Waals surface area contributed by atoms with Crippen molar-refractivity contribution >= 4 is 28.3 Å². The smallest absolute Gasteiger partial charge is 0.225 e. The van der Waals surface area contributed by atoms with Gasteiger partial charge in [-0.2, -0.15) is 0 Å². The van der Waals surface area contributed by atoms with Crippen LogP contribution in [0.2, 0.25) is 5.02 Å². The summed E-state index contributed by atoms with van der Waals surface area (Å²) < 4.78 is 5.40. The predicted molar refractivity (Wildman–Crippen MR) is 109 cm³/mol. The Labute approximate surface area is 162 Å². The molecule has 0 aliphatic carbocycles. The zero-order valence-electron chi connectivity index (χ0n) is 14.6. The van der Waals surface area contributed by atoms with Gasteiger partial charge >= 0.3 is 0 Å². The van der Waals surface area contributed by atoms with Crippen LogP contribution in [-0.4, -0.2) is 22.7 Å². The lowest BCUT2D eigenvalue weighted by Crippen LogP contribution is -2.31. The molecule has 0 aliphatic heterocycles. The van der Waals surface area contributed by atoms with E-state index in [9.17, 15) is 0 Å². The number of nitrogens with zero attached hydrogens (tertiary/aromatic N) is 2. The highest BCUT2D eigenvalue weighted by atomic mass is 35.5. The molecule has 4 rings (SSSR count). The Kier molecular flexibility index (Phi) is 5.05. The van der Waals surface area contributed by atoms with E-state index in [1.807, 2.05) is 54.7 Å². The molecule has 2 aromatic heterocycles. The maximum atomic E-state index is 6.21. The van der Waals surface area contributed by atoms with Crippen molar-refractivity contribution in [2.24, 2.45) is 5.73 Å². The molecular formula is C21H19ClN4O. The second-order valence-corrected chi connectivity index (χ2v) is 6.86. The van der Waals surface area contributed by atoms with E-state index in [0.29, 0.717) is 18.8 Å². The molecule has 0 radical (unpaired) electrons. The third-order valence-corrected chi connectivity index (χ3v) is 4.79. The summed E-state index contributed by atoms with van der Waals surface area (Å²) in [6, 6.07) is 17.6. The molecule has 6 heteroatoms. The van der Waals surface area contributed by atoms with E-state index in [0.717, 1.165) is 32.6 Å². The van der Waals surface area contributed by atoms with E-state index in [2.05, 4.69) is 21.5 Å². The van der Waals surface area contributed by atoms with Crippen molar-refractivity contribution < 1.29 is 4.52 Å². The first-order valence-corrected chi connectivity index (χ1v) is 9.10. The quantitative estimate of drug-likeness (QED) is 0.515. The molecule has 1 atom stereocenters. The molecule has 0 aliphatic rings. The van der Waals surface area contributed by atoms with E-state index >= 15 is 0 Å². The van der Waals surface area contributed by atoms with Crippen LogP contribution in [0.3, 0.4) is 0 Å². The Bertz CT molecular complexity index is 1060. The summed E-state index contributed by atoms with van der Waals surface area (Å²) in [5.41, 5.74) is 9.02. The van der Waals surface area contributed by atoms with E-state index in [1.54, 1.807) is 6.20 Å². The molecule has 5 nitrogen and oxygen atoms in total. The van der Waals surface area contributed by atoms with Gasteiger partial charge in [0.2, 0.25) is 5.88 Å². The van der Waals surface area contributed by atoms with Crippen molar-refractivity contribution in [3.8, 4) is 11.3 Å².